The van der Waals surface area contributed by atoms with Crippen molar-refractivity contribution in [2.45, 2.75) is 63.9 Å². The number of pyridine rings is 6. The second-order valence-electron chi connectivity index (χ2n) is 14.3. The minimum Gasteiger partial charge on any atom is -0.748 e. The summed E-state index contributed by atoms with van der Waals surface area (Å²) < 4.78 is 89.7. The number of hydrogen-bond donors (Lipinski definition) is 0. The Hall–Kier alpha value is -5.56. The molecule has 70 heavy (non-hydrogen) atoms. The first-order valence-electron chi connectivity index (χ1n) is 19.9. The van der Waals surface area contributed by atoms with Crippen molar-refractivity contribution in [1.29, 1.82) is 0 Å². The van der Waals surface area contributed by atoms with Crippen molar-refractivity contribution >= 4 is 48.6 Å². The van der Waals surface area contributed by atoms with E-state index in [0.717, 1.165) is 40.1 Å². The van der Waals surface area contributed by atoms with E-state index in [2.05, 4.69) is 36.8 Å². The standard InChI is InChI=1S/C19H19N3O4.C13H14N2O3S.C12H11N2O3S.CH3.Na.O3S.Ru/c1-13-7-9-20-15(11-13)16-12-14(8-10-21-16)3-2-4-19(25)26-22-17(23)5-6-18(22)24;1-2-10-3-5-14-12(7-10)13-8-11(4-6-15-13)9-19(16,17)18;1-9-2-4-13-11(6-9)12-7-10(3-5-14-12)8-18(15,16)17;;;1-4(2)3;/h7-12H,2-6H2,1H3;3-8H,2,9H2,1H3,(H,16,17,18);2-7H,1,8H2,(H,15,16,17);1H3;;;/q;;2*-1;+1;;+1/p-2. The van der Waals surface area contributed by atoms with E-state index in [0.29, 0.717) is 51.8 Å². The van der Waals surface area contributed by atoms with Crippen LogP contribution < -0.4 is 29.6 Å². The molecule has 2 amide bonds. The van der Waals surface area contributed by atoms with Crippen molar-refractivity contribution in [3.8, 4) is 34.2 Å². The van der Waals surface area contributed by atoms with Crippen LogP contribution >= 0.6 is 0 Å². The van der Waals surface area contributed by atoms with Gasteiger partial charge in [0.15, 0.2) is 0 Å². The first-order valence-corrected chi connectivity index (χ1v) is 24.1. The molecule has 0 atom stereocenters. The van der Waals surface area contributed by atoms with E-state index >= 15 is 0 Å². The van der Waals surface area contributed by atoms with E-state index in [4.69, 9.17) is 17.5 Å². The average Bonchev–Trinajstić information content (AvgIpc) is 3.58. The molecular formula is C45H45N7NaO13RuS3-2. The third-order valence-electron chi connectivity index (χ3n) is 8.96. The topological polar surface area (TPSA) is 307 Å². The molecule has 1 aliphatic rings. The number of nitrogens with zero attached hydrogens (tertiary/aromatic N) is 7. The van der Waals surface area contributed by atoms with E-state index in [1.165, 1.54) is 30.6 Å². The smallest absolute Gasteiger partial charge is 0.748 e. The SMILES string of the molecule is CCc1ccnc(-c2cc(CS(=O)(=O)[O-])ccn2)c1.Cc1ccnc(-c2cc(CCCC(=O)ON3C(=O)CCC3=O)ccn2)c1.O=S(=O)=O.[CH2-]c1ccnc(-c2cc(CS(=O)(=O)[O-])ccn2)c1.[CH3-].[Na+].[Ru+]. The van der Waals surface area contributed by atoms with Gasteiger partial charge in [0.1, 0.15) is 0 Å². The number of hydroxylamine groups is 2. The molecule has 6 aromatic rings. The van der Waals surface area contributed by atoms with E-state index in [-0.39, 0.29) is 75.7 Å². The number of amides is 2. The number of carbonyl (C=O) groups is 3. The molecule has 7 heterocycles. The third-order valence-corrected chi connectivity index (χ3v) is 10.3. The summed E-state index contributed by atoms with van der Waals surface area (Å²) in [6.07, 6.45) is 12.1. The minimum absolute atomic E-state index is 0. The molecule has 6 aromatic heterocycles. The summed E-state index contributed by atoms with van der Waals surface area (Å²) >= 11 is 0. The first-order chi connectivity index (χ1) is 31.7. The molecule has 1 aliphatic heterocycles. The molecule has 0 aliphatic carbocycles. The number of hydrogen-bond acceptors (Lipinski definition) is 19. The molecule has 1 radical (unpaired) electrons. The molecule has 7 rings (SSSR count). The normalized spacial score (nSPS) is 11.6. The Morgan fingerprint density at radius 2 is 1.00 bits per heavy atom. The summed E-state index contributed by atoms with van der Waals surface area (Å²) in [4.78, 5) is 64.8. The zero-order valence-electron chi connectivity index (χ0n) is 38.3. The van der Waals surface area contributed by atoms with Crippen LogP contribution in [0.5, 0.6) is 0 Å². The second-order valence-corrected chi connectivity index (χ2v) is 17.5. The fraction of sp³-hybridized carbons (Fsp3) is 0.222. The predicted octanol–water partition coefficient (Wildman–Crippen LogP) is 1.95. The van der Waals surface area contributed by atoms with Crippen LogP contribution in [0.1, 0.15) is 66.0 Å². The van der Waals surface area contributed by atoms with Crippen LogP contribution in [0.3, 0.4) is 0 Å². The molecule has 20 nitrogen and oxygen atoms in total. The number of carbonyl (C=O) groups excluding carboxylic acids is 3. The predicted molar refractivity (Wildman–Crippen MR) is 244 cm³/mol. The Balaban J connectivity index is 0.000000504. The molecule has 0 unspecified atom stereocenters. The van der Waals surface area contributed by atoms with Gasteiger partial charge >= 0.3 is 65.6 Å². The first kappa shape index (κ1) is 62.5. The number of aryl methyl sites for hydroxylation is 3. The summed E-state index contributed by atoms with van der Waals surface area (Å²) in [5.41, 5.74) is 8.78. The molecule has 0 saturated carbocycles. The van der Waals surface area contributed by atoms with Crippen LogP contribution in [0.2, 0.25) is 0 Å². The van der Waals surface area contributed by atoms with Crippen molar-refractivity contribution in [2.24, 2.45) is 0 Å². The van der Waals surface area contributed by atoms with Gasteiger partial charge in [0.2, 0.25) is 0 Å². The minimum atomic E-state index is -4.29. The van der Waals surface area contributed by atoms with E-state index in [1.54, 1.807) is 43.0 Å². The van der Waals surface area contributed by atoms with Gasteiger partial charge in [-0.15, -0.1) is 29.8 Å². The number of rotatable bonds is 13. The maximum Gasteiger partial charge on any atom is 1.00 e. The van der Waals surface area contributed by atoms with Gasteiger partial charge in [0.25, 0.3) is 11.8 Å². The van der Waals surface area contributed by atoms with Crippen molar-refractivity contribution in [3.63, 3.8) is 0 Å². The zero-order chi connectivity index (χ0) is 49.1. The van der Waals surface area contributed by atoms with Gasteiger partial charge < -0.3 is 21.4 Å². The number of imide groups is 1. The Labute approximate surface area is 442 Å². The molecule has 0 aromatic carbocycles. The molecular weight excluding hydrogens is 1070 g/mol. The van der Waals surface area contributed by atoms with E-state index in [1.807, 2.05) is 50.2 Å². The second kappa shape index (κ2) is 30.2. The largest absolute Gasteiger partial charge is 1.00 e. The van der Waals surface area contributed by atoms with Crippen LogP contribution in [0.25, 0.3) is 34.2 Å². The van der Waals surface area contributed by atoms with Gasteiger partial charge in [-0.3, -0.25) is 39.5 Å². The van der Waals surface area contributed by atoms with Crippen molar-refractivity contribution in [2.75, 3.05) is 0 Å². The molecule has 0 N–H and O–H groups in total. The van der Waals surface area contributed by atoms with Gasteiger partial charge in [-0.05, 0) is 121 Å². The van der Waals surface area contributed by atoms with E-state index < -0.39 is 60.1 Å². The molecule has 367 valence electrons. The summed E-state index contributed by atoms with van der Waals surface area (Å²) in [5.74, 6) is -2.59. The molecule has 0 spiro atoms. The van der Waals surface area contributed by atoms with Crippen molar-refractivity contribution < 1.29 is 107 Å². The zero-order valence-corrected chi connectivity index (χ0v) is 44.5. The monoisotopic (exact) mass is 1110 g/mol. The van der Waals surface area contributed by atoms with Crippen LogP contribution in [0, 0.1) is 21.3 Å². The van der Waals surface area contributed by atoms with Gasteiger partial charge in [0, 0.05) is 55.9 Å². The summed E-state index contributed by atoms with van der Waals surface area (Å²) in [5, 5.41) is 0.580. The number of aromatic nitrogens is 6. The Kier molecular flexibility index (Phi) is 27.0. The summed E-state index contributed by atoms with van der Waals surface area (Å²) in [6, 6.07) is 21.1. The summed E-state index contributed by atoms with van der Waals surface area (Å²) in [7, 11) is -11.7. The summed E-state index contributed by atoms with van der Waals surface area (Å²) in [6.45, 7) is 7.81. The van der Waals surface area contributed by atoms with Crippen LogP contribution in [0.15, 0.2) is 110 Å². The molecule has 25 heteroatoms. The van der Waals surface area contributed by atoms with Crippen LogP contribution in [-0.2, 0) is 93.9 Å². The van der Waals surface area contributed by atoms with Crippen molar-refractivity contribution in [1.82, 2.24) is 35.0 Å². The Morgan fingerprint density at radius 3 is 1.41 bits per heavy atom. The molecule has 1 fully saturated rings. The van der Waals surface area contributed by atoms with Gasteiger partial charge in [0.05, 0.1) is 60.2 Å². The van der Waals surface area contributed by atoms with Crippen LogP contribution in [-0.4, -0.2) is 91.3 Å². The van der Waals surface area contributed by atoms with Gasteiger partial charge in [-0.2, -0.15) is 12.5 Å². The Bertz CT molecular complexity index is 3040. The molecule has 1 saturated heterocycles. The fourth-order valence-corrected chi connectivity index (χ4v) is 7.13. The van der Waals surface area contributed by atoms with E-state index in [9.17, 15) is 40.3 Å². The van der Waals surface area contributed by atoms with Crippen molar-refractivity contribution in [3.05, 3.63) is 158 Å². The maximum atomic E-state index is 11.8. The quantitative estimate of drug-likeness (QED) is 0.0690. The molecule has 0 bridgehead atoms. The van der Waals surface area contributed by atoms with Crippen LogP contribution in [0.4, 0.5) is 0 Å². The fourth-order valence-electron chi connectivity index (χ4n) is 5.95. The maximum absolute atomic E-state index is 11.8. The Morgan fingerprint density at radius 1 is 0.643 bits per heavy atom. The average molecular weight is 1110 g/mol. The van der Waals surface area contributed by atoms with Gasteiger partial charge in [-0.1, -0.05) is 6.92 Å². The van der Waals surface area contributed by atoms with Gasteiger partial charge in [-0.25, -0.2) is 21.6 Å². The third kappa shape index (κ3) is 22.9.